The Hall–Kier alpha value is -3.22. The Morgan fingerprint density at radius 2 is 2.04 bits per heavy atom. The monoisotopic (exact) mass is 391 g/mol. The number of hydrogen-bond acceptors (Lipinski definition) is 5. The minimum atomic E-state index is -2.74. The Bertz CT molecular complexity index is 1030. The van der Waals surface area contributed by atoms with Gasteiger partial charge in [0.15, 0.2) is 0 Å². The van der Waals surface area contributed by atoms with Gasteiger partial charge in [-0.05, 0) is 19.1 Å². The van der Waals surface area contributed by atoms with E-state index in [9.17, 15) is 23.6 Å². The SMILES string of the molecule is C[C@@H](NC(=O)O)c1cc(C#N)cc2c(=O)n(C)c(N3CCC(F)(F)CC3)nc12. The van der Waals surface area contributed by atoms with Crippen molar-refractivity contribution in [1.29, 1.82) is 5.26 Å². The molecule has 2 N–H and O–H groups in total. The maximum atomic E-state index is 13.5. The number of fused-ring (bicyclic) bond motifs is 1. The molecular formula is C18H19F2N5O3. The molecule has 0 spiro atoms. The maximum Gasteiger partial charge on any atom is 0.405 e. The lowest BCUT2D eigenvalue weighted by Crippen LogP contribution is -2.42. The van der Waals surface area contributed by atoms with Crippen LogP contribution in [-0.4, -0.2) is 39.8 Å². The van der Waals surface area contributed by atoms with Gasteiger partial charge in [-0.3, -0.25) is 9.36 Å². The summed E-state index contributed by atoms with van der Waals surface area (Å²) in [5.74, 6) is -2.50. The van der Waals surface area contributed by atoms with Crippen LogP contribution in [0.2, 0.25) is 0 Å². The van der Waals surface area contributed by atoms with Crippen molar-refractivity contribution in [3.05, 3.63) is 33.6 Å². The predicted molar refractivity (Wildman–Crippen MR) is 97.7 cm³/mol. The Morgan fingerprint density at radius 1 is 1.39 bits per heavy atom. The fourth-order valence-corrected chi connectivity index (χ4v) is 3.37. The van der Waals surface area contributed by atoms with Gasteiger partial charge < -0.3 is 15.3 Å². The number of anilines is 1. The maximum absolute atomic E-state index is 13.5. The van der Waals surface area contributed by atoms with Crippen LogP contribution in [0.5, 0.6) is 0 Å². The van der Waals surface area contributed by atoms with Gasteiger partial charge in [-0.2, -0.15) is 5.26 Å². The van der Waals surface area contributed by atoms with Crippen molar-refractivity contribution in [2.24, 2.45) is 7.05 Å². The average Bonchev–Trinajstić information content (AvgIpc) is 2.63. The number of nitrogens with zero attached hydrogens (tertiary/aromatic N) is 4. The third-order valence-corrected chi connectivity index (χ3v) is 4.90. The largest absolute Gasteiger partial charge is 0.465 e. The van der Waals surface area contributed by atoms with Crippen molar-refractivity contribution in [1.82, 2.24) is 14.9 Å². The second-order valence-corrected chi connectivity index (χ2v) is 6.86. The number of halogens is 2. The van der Waals surface area contributed by atoms with Gasteiger partial charge in [-0.15, -0.1) is 0 Å². The van der Waals surface area contributed by atoms with E-state index in [-0.39, 0.29) is 48.3 Å². The number of nitriles is 1. The number of carboxylic acid groups (broad SMARTS) is 1. The molecule has 1 saturated heterocycles. The van der Waals surface area contributed by atoms with E-state index in [1.54, 1.807) is 11.8 Å². The summed E-state index contributed by atoms with van der Waals surface area (Å²) in [6.07, 6.45) is -1.93. The third kappa shape index (κ3) is 3.60. The lowest BCUT2D eigenvalue weighted by Gasteiger charge is -2.33. The molecule has 28 heavy (non-hydrogen) atoms. The molecule has 0 radical (unpaired) electrons. The smallest absolute Gasteiger partial charge is 0.405 e. The summed E-state index contributed by atoms with van der Waals surface area (Å²) in [6, 6.07) is 4.10. The molecule has 1 aliphatic heterocycles. The van der Waals surface area contributed by atoms with Crippen molar-refractivity contribution in [3.8, 4) is 6.07 Å². The molecule has 0 saturated carbocycles. The zero-order valence-corrected chi connectivity index (χ0v) is 15.4. The van der Waals surface area contributed by atoms with E-state index < -0.39 is 23.6 Å². The van der Waals surface area contributed by atoms with Crippen molar-refractivity contribution in [2.45, 2.75) is 31.7 Å². The fourth-order valence-electron chi connectivity index (χ4n) is 3.37. The molecule has 1 atom stereocenters. The topological polar surface area (TPSA) is 111 Å². The van der Waals surface area contributed by atoms with E-state index in [1.807, 2.05) is 6.07 Å². The minimum absolute atomic E-state index is 0.0489. The first-order valence-electron chi connectivity index (χ1n) is 8.70. The number of amides is 1. The van der Waals surface area contributed by atoms with Crippen LogP contribution in [0.25, 0.3) is 10.9 Å². The fraction of sp³-hybridized carbons (Fsp3) is 0.444. The number of piperidine rings is 1. The van der Waals surface area contributed by atoms with Gasteiger partial charge in [0, 0.05) is 38.5 Å². The van der Waals surface area contributed by atoms with E-state index in [4.69, 9.17) is 5.11 Å². The molecule has 1 amide bonds. The van der Waals surface area contributed by atoms with Gasteiger partial charge in [-0.1, -0.05) is 0 Å². The highest BCUT2D eigenvalue weighted by Gasteiger charge is 2.35. The number of rotatable bonds is 3. The highest BCUT2D eigenvalue weighted by molar-refractivity contribution is 5.84. The lowest BCUT2D eigenvalue weighted by molar-refractivity contribution is -0.0223. The van der Waals surface area contributed by atoms with Gasteiger partial charge in [0.25, 0.3) is 11.5 Å². The van der Waals surface area contributed by atoms with Gasteiger partial charge >= 0.3 is 6.09 Å². The van der Waals surface area contributed by atoms with E-state index >= 15 is 0 Å². The van der Waals surface area contributed by atoms with E-state index in [0.717, 1.165) is 0 Å². The second kappa shape index (κ2) is 7.07. The van der Waals surface area contributed by atoms with E-state index in [1.165, 1.54) is 23.7 Å². The zero-order chi connectivity index (χ0) is 20.6. The molecule has 2 aromatic rings. The molecule has 1 aromatic carbocycles. The summed E-state index contributed by atoms with van der Waals surface area (Å²) in [6.45, 7) is 1.67. The molecule has 0 bridgehead atoms. The summed E-state index contributed by atoms with van der Waals surface area (Å²) >= 11 is 0. The Kier molecular flexibility index (Phi) is 4.93. The Balaban J connectivity index is 2.18. The molecule has 1 aliphatic rings. The van der Waals surface area contributed by atoms with E-state index in [0.29, 0.717) is 5.56 Å². The van der Waals surface area contributed by atoms with Crippen LogP contribution in [0.4, 0.5) is 19.5 Å². The quantitative estimate of drug-likeness (QED) is 0.831. The predicted octanol–water partition coefficient (Wildman–Crippen LogP) is 2.37. The number of hydrogen-bond donors (Lipinski definition) is 2. The van der Waals surface area contributed by atoms with Crippen LogP contribution in [0.1, 0.15) is 36.9 Å². The molecule has 148 valence electrons. The van der Waals surface area contributed by atoms with Crippen LogP contribution in [-0.2, 0) is 7.05 Å². The Morgan fingerprint density at radius 3 is 2.61 bits per heavy atom. The lowest BCUT2D eigenvalue weighted by atomic mass is 10.0. The first-order chi connectivity index (χ1) is 13.1. The minimum Gasteiger partial charge on any atom is -0.465 e. The molecule has 0 aliphatic carbocycles. The van der Waals surface area contributed by atoms with Gasteiger partial charge in [0.1, 0.15) is 0 Å². The number of benzene rings is 1. The van der Waals surface area contributed by atoms with Crippen LogP contribution in [0.15, 0.2) is 16.9 Å². The van der Waals surface area contributed by atoms with Gasteiger partial charge in [-0.25, -0.2) is 18.6 Å². The number of nitrogens with one attached hydrogen (secondary N) is 1. The molecule has 3 rings (SSSR count). The zero-order valence-electron chi connectivity index (χ0n) is 15.4. The summed E-state index contributed by atoms with van der Waals surface area (Å²) in [5, 5.41) is 20.7. The summed E-state index contributed by atoms with van der Waals surface area (Å²) < 4.78 is 28.3. The van der Waals surface area contributed by atoms with Crippen molar-refractivity contribution < 1.29 is 18.7 Å². The van der Waals surface area contributed by atoms with Crippen LogP contribution >= 0.6 is 0 Å². The van der Waals surface area contributed by atoms with Gasteiger partial charge in [0.05, 0.1) is 28.6 Å². The van der Waals surface area contributed by atoms with Crippen molar-refractivity contribution >= 4 is 22.9 Å². The van der Waals surface area contributed by atoms with Crippen LogP contribution < -0.4 is 15.8 Å². The Labute approximate surface area is 159 Å². The summed E-state index contributed by atoms with van der Waals surface area (Å²) in [4.78, 5) is 30.0. The van der Waals surface area contributed by atoms with Crippen molar-refractivity contribution in [2.75, 3.05) is 18.0 Å². The normalized spacial score (nSPS) is 17.2. The molecule has 2 heterocycles. The molecule has 10 heteroatoms. The van der Waals surface area contributed by atoms with E-state index in [2.05, 4.69) is 10.3 Å². The van der Waals surface area contributed by atoms with Crippen LogP contribution in [0.3, 0.4) is 0 Å². The molecule has 8 nitrogen and oxygen atoms in total. The number of alkyl halides is 2. The van der Waals surface area contributed by atoms with Crippen LogP contribution in [0, 0.1) is 11.3 Å². The summed E-state index contributed by atoms with van der Waals surface area (Å²) in [7, 11) is 1.49. The molecule has 1 aromatic heterocycles. The molecule has 1 fully saturated rings. The standard InChI is InChI=1S/C18H19F2N5O3/c1-10(22-17(27)28)12-7-11(9-21)8-13-14(12)23-16(24(2)15(13)26)25-5-3-18(19,20)4-6-25/h7-8,10,22H,3-6H2,1-2H3,(H,27,28)/t10-/m1/s1. The highest BCUT2D eigenvalue weighted by Crippen LogP contribution is 2.31. The van der Waals surface area contributed by atoms with Gasteiger partial charge in [0.2, 0.25) is 5.95 Å². The molecule has 0 unspecified atom stereocenters. The molecular weight excluding hydrogens is 372 g/mol. The average molecular weight is 391 g/mol. The first-order valence-corrected chi connectivity index (χ1v) is 8.70. The first kappa shape index (κ1) is 19.5. The highest BCUT2D eigenvalue weighted by atomic mass is 19.3. The third-order valence-electron chi connectivity index (χ3n) is 4.90. The number of aromatic nitrogens is 2. The second-order valence-electron chi connectivity index (χ2n) is 6.86. The summed E-state index contributed by atoms with van der Waals surface area (Å²) in [5.41, 5.74) is 0.387. The van der Waals surface area contributed by atoms with Crippen molar-refractivity contribution in [3.63, 3.8) is 0 Å². The number of carbonyl (C=O) groups is 1.